The van der Waals surface area contributed by atoms with Crippen molar-refractivity contribution < 1.29 is 9.53 Å². The zero-order valence-corrected chi connectivity index (χ0v) is 7.14. The zero-order chi connectivity index (χ0) is 8.36. The fourth-order valence-corrected chi connectivity index (χ4v) is 0.739. The second-order valence-corrected chi connectivity index (χ2v) is 2.38. The molecule has 0 unspecified atom stereocenters. The molecule has 11 heavy (non-hydrogen) atoms. The van der Waals surface area contributed by atoms with Gasteiger partial charge in [-0.3, -0.25) is 0 Å². The van der Waals surface area contributed by atoms with Gasteiger partial charge in [0.2, 0.25) is 0 Å². The summed E-state index contributed by atoms with van der Waals surface area (Å²) in [5.74, 6) is 0. The van der Waals surface area contributed by atoms with Crippen LogP contribution in [-0.4, -0.2) is 33.1 Å². The van der Waals surface area contributed by atoms with Crippen molar-refractivity contribution >= 4 is 6.29 Å². The molecule has 1 N–H and O–H groups in total. The molecule has 0 atom stereocenters. The van der Waals surface area contributed by atoms with Gasteiger partial charge in [-0.1, -0.05) is 0 Å². The van der Waals surface area contributed by atoms with E-state index in [1.54, 1.807) is 0 Å². The molecule has 0 aromatic rings. The zero-order valence-electron chi connectivity index (χ0n) is 7.14. The van der Waals surface area contributed by atoms with Gasteiger partial charge in [-0.2, -0.15) is 0 Å². The lowest BCUT2D eigenvalue weighted by Gasteiger charge is -2.00. The number of aldehydes is 1. The molecule has 0 saturated carbocycles. The first-order valence-electron chi connectivity index (χ1n) is 4.07. The normalized spacial score (nSPS) is 9.91. The average molecular weight is 159 g/mol. The van der Waals surface area contributed by atoms with Crippen LogP contribution in [0.1, 0.15) is 19.3 Å². The van der Waals surface area contributed by atoms with Crippen molar-refractivity contribution in [2.24, 2.45) is 0 Å². The molecule has 0 amide bonds. The van der Waals surface area contributed by atoms with Crippen LogP contribution in [0.5, 0.6) is 0 Å². The Kier molecular flexibility index (Phi) is 9.23. The van der Waals surface area contributed by atoms with Crippen LogP contribution in [0, 0.1) is 0 Å². The molecule has 0 aromatic heterocycles. The smallest absolute Gasteiger partial charge is 0.122 e. The van der Waals surface area contributed by atoms with Gasteiger partial charge < -0.3 is 14.8 Å². The highest BCUT2D eigenvalue weighted by atomic mass is 16.5. The Bertz CT molecular complexity index is 86.2. The highest BCUT2D eigenvalue weighted by Gasteiger charge is 1.87. The van der Waals surface area contributed by atoms with Crippen LogP contribution < -0.4 is 5.32 Å². The van der Waals surface area contributed by atoms with Crippen LogP contribution in [0.25, 0.3) is 0 Å². The van der Waals surface area contributed by atoms with E-state index < -0.39 is 0 Å². The van der Waals surface area contributed by atoms with Crippen LogP contribution in [0.2, 0.25) is 0 Å². The Balaban J connectivity index is 2.74. The van der Waals surface area contributed by atoms with Gasteiger partial charge in [0.25, 0.3) is 0 Å². The van der Waals surface area contributed by atoms with Gasteiger partial charge in [0.1, 0.15) is 6.29 Å². The molecule has 0 aliphatic rings. The van der Waals surface area contributed by atoms with E-state index in [0.29, 0.717) is 13.0 Å². The van der Waals surface area contributed by atoms with Crippen molar-refractivity contribution in [1.29, 1.82) is 0 Å². The van der Waals surface area contributed by atoms with E-state index >= 15 is 0 Å². The lowest BCUT2D eigenvalue weighted by Crippen LogP contribution is -2.08. The van der Waals surface area contributed by atoms with Crippen LogP contribution in [0.4, 0.5) is 0 Å². The highest BCUT2D eigenvalue weighted by molar-refractivity contribution is 5.49. The maximum Gasteiger partial charge on any atom is 0.122 e. The number of carbonyl (C=O) groups is 1. The molecule has 0 fully saturated rings. The maximum atomic E-state index is 9.85. The second-order valence-electron chi connectivity index (χ2n) is 2.38. The fourth-order valence-electron chi connectivity index (χ4n) is 0.739. The summed E-state index contributed by atoms with van der Waals surface area (Å²) in [5.41, 5.74) is 0. The summed E-state index contributed by atoms with van der Waals surface area (Å²) in [6.07, 6.45) is 3.61. The Morgan fingerprint density at radius 1 is 1.36 bits per heavy atom. The van der Waals surface area contributed by atoms with Gasteiger partial charge in [0.05, 0.1) is 6.61 Å². The minimum absolute atomic E-state index is 0.520. The molecule has 0 bridgehead atoms. The largest absolute Gasteiger partial charge is 0.381 e. The van der Waals surface area contributed by atoms with Crippen LogP contribution in [0.15, 0.2) is 0 Å². The minimum atomic E-state index is 0.520. The van der Waals surface area contributed by atoms with Gasteiger partial charge in [-0.05, 0) is 26.4 Å². The van der Waals surface area contributed by atoms with E-state index in [0.717, 1.165) is 32.3 Å². The minimum Gasteiger partial charge on any atom is -0.381 e. The summed E-state index contributed by atoms with van der Waals surface area (Å²) in [5, 5.41) is 3.06. The van der Waals surface area contributed by atoms with Gasteiger partial charge in [-0.15, -0.1) is 0 Å². The molecule has 0 aliphatic heterocycles. The van der Waals surface area contributed by atoms with Gasteiger partial charge in [-0.25, -0.2) is 0 Å². The third kappa shape index (κ3) is 9.59. The van der Waals surface area contributed by atoms with Gasteiger partial charge in [0, 0.05) is 13.0 Å². The Morgan fingerprint density at radius 2 is 2.18 bits per heavy atom. The highest BCUT2D eigenvalue weighted by Crippen LogP contribution is 1.88. The van der Waals surface area contributed by atoms with Crippen molar-refractivity contribution in [2.75, 3.05) is 26.8 Å². The molecule has 66 valence electrons. The molecule has 0 aromatic carbocycles. The first-order valence-corrected chi connectivity index (χ1v) is 4.07. The molecule has 0 aliphatic carbocycles. The van der Waals surface area contributed by atoms with Crippen molar-refractivity contribution in [3.05, 3.63) is 0 Å². The Morgan fingerprint density at radius 3 is 2.82 bits per heavy atom. The number of ether oxygens (including phenoxy) is 1. The number of rotatable bonds is 8. The molecule has 0 heterocycles. The Labute approximate surface area is 68.1 Å². The summed E-state index contributed by atoms with van der Waals surface area (Å²) < 4.78 is 5.16. The molecule has 0 saturated heterocycles. The first kappa shape index (κ1) is 10.6. The lowest BCUT2D eigenvalue weighted by molar-refractivity contribution is -0.108. The number of hydrogen-bond donors (Lipinski definition) is 1. The molecule has 0 radical (unpaired) electrons. The van der Waals surface area contributed by atoms with Crippen molar-refractivity contribution in [2.45, 2.75) is 19.3 Å². The van der Waals surface area contributed by atoms with E-state index in [-0.39, 0.29) is 0 Å². The molecule has 3 heteroatoms. The quantitative estimate of drug-likeness (QED) is 0.416. The second kappa shape index (κ2) is 9.59. The van der Waals surface area contributed by atoms with Gasteiger partial charge in [0.15, 0.2) is 0 Å². The Hall–Kier alpha value is -0.410. The third-order valence-electron chi connectivity index (χ3n) is 1.35. The first-order chi connectivity index (χ1) is 5.41. The predicted octanol–water partition coefficient (Wildman–Crippen LogP) is 0.592. The third-order valence-corrected chi connectivity index (χ3v) is 1.35. The van der Waals surface area contributed by atoms with E-state index in [9.17, 15) is 4.79 Å². The predicted molar refractivity (Wildman–Crippen MR) is 44.7 cm³/mol. The lowest BCUT2D eigenvalue weighted by atomic mass is 10.3. The van der Waals surface area contributed by atoms with E-state index in [4.69, 9.17) is 4.74 Å². The van der Waals surface area contributed by atoms with Crippen LogP contribution in [0.3, 0.4) is 0 Å². The van der Waals surface area contributed by atoms with E-state index in [1.807, 2.05) is 7.05 Å². The van der Waals surface area contributed by atoms with Crippen LogP contribution >= 0.6 is 0 Å². The SMILES string of the molecule is CNCCCCOCCC=O. The fraction of sp³-hybridized carbons (Fsp3) is 0.875. The molecular weight excluding hydrogens is 142 g/mol. The molecule has 3 nitrogen and oxygen atoms in total. The molecule has 0 rings (SSSR count). The summed E-state index contributed by atoms with van der Waals surface area (Å²) in [4.78, 5) is 9.85. The van der Waals surface area contributed by atoms with E-state index in [1.165, 1.54) is 0 Å². The number of carbonyl (C=O) groups excluding carboxylic acids is 1. The number of nitrogens with one attached hydrogen (secondary N) is 1. The number of hydrogen-bond acceptors (Lipinski definition) is 3. The van der Waals surface area contributed by atoms with E-state index in [2.05, 4.69) is 5.32 Å². The van der Waals surface area contributed by atoms with Crippen molar-refractivity contribution in [1.82, 2.24) is 5.32 Å². The topological polar surface area (TPSA) is 38.3 Å². The summed E-state index contributed by atoms with van der Waals surface area (Å²) in [6.45, 7) is 2.38. The van der Waals surface area contributed by atoms with Crippen molar-refractivity contribution in [3.8, 4) is 0 Å². The summed E-state index contributed by atoms with van der Waals surface area (Å²) >= 11 is 0. The molecule has 0 spiro atoms. The van der Waals surface area contributed by atoms with Crippen molar-refractivity contribution in [3.63, 3.8) is 0 Å². The standard InChI is InChI=1S/C8H17NO2/c1-9-5-2-3-7-11-8-4-6-10/h6,9H,2-5,7-8H2,1H3. The maximum absolute atomic E-state index is 9.85. The molecular formula is C8H17NO2. The summed E-state index contributed by atoms with van der Waals surface area (Å²) in [7, 11) is 1.94. The summed E-state index contributed by atoms with van der Waals surface area (Å²) in [6, 6.07) is 0. The van der Waals surface area contributed by atoms with Crippen LogP contribution in [-0.2, 0) is 9.53 Å². The van der Waals surface area contributed by atoms with Gasteiger partial charge >= 0.3 is 0 Å². The average Bonchev–Trinajstić information content (AvgIpc) is 2.03. The number of unbranched alkanes of at least 4 members (excludes halogenated alkanes) is 1. The monoisotopic (exact) mass is 159 g/mol.